The molecule has 1 aromatic carbocycles. The Bertz CT molecular complexity index is 546. The van der Waals surface area contributed by atoms with Crippen LogP contribution in [0.3, 0.4) is 0 Å². The molecule has 0 saturated carbocycles. The summed E-state index contributed by atoms with van der Waals surface area (Å²) < 4.78 is 0. The van der Waals surface area contributed by atoms with Gasteiger partial charge >= 0.3 is 5.97 Å². The van der Waals surface area contributed by atoms with Crippen LogP contribution in [0.2, 0.25) is 0 Å². The molecule has 0 radical (unpaired) electrons. The first-order chi connectivity index (χ1) is 10.6. The number of rotatable bonds is 7. The minimum absolute atomic E-state index is 0.0544. The van der Waals surface area contributed by atoms with Crippen LogP contribution in [0.1, 0.15) is 54.4 Å². The number of hydrogen-bond donors (Lipinski definition) is 2. The summed E-state index contributed by atoms with van der Waals surface area (Å²) in [5, 5.41) is 11.8. The van der Waals surface area contributed by atoms with E-state index >= 15 is 0 Å². The Morgan fingerprint density at radius 3 is 2.50 bits per heavy atom. The summed E-state index contributed by atoms with van der Waals surface area (Å²) in [6, 6.07) is 6.68. The molecule has 0 heterocycles. The lowest BCUT2D eigenvalue weighted by atomic mass is 9.97. The SMILES string of the molecule is O=C(CCc1ccc(C(=O)O)cc1)NCCC1=CCCCC1. The molecule has 1 aliphatic carbocycles. The molecule has 0 aliphatic heterocycles. The molecule has 2 rings (SSSR count). The predicted octanol–water partition coefficient (Wildman–Crippen LogP) is 3.32. The van der Waals surface area contributed by atoms with Crippen LogP contribution < -0.4 is 5.32 Å². The smallest absolute Gasteiger partial charge is 0.335 e. The number of aromatic carboxylic acids is 1. The van der Waals surface area contributed by atoms with E-state index < -0.39 is 5.97 Å². The number of amides is 1. The molecule has 1 aromatic rings. The summed E-state index contributed by atoms with van der Waals surface area (Å²) in [6.45, 7) is 0.711. The fraction of sp³-hybridized carbons (Fsp3) is 0.444. The highest BCUT2D eigenvalue weighted by Gasteiger charge is 2.06. The lowest BCUT2D eigenvalue weighted by Crippen LogP contribution is -2.25. The average molecular weight is 301 g/mol. The normalized spacial score (nSPS) is 14.3. The van der Waals surface area contributed by atoms with Gasteiger partial charge in [-0.1, -0.05) is 23.8 Å². The molecule has 0 saturated heterocycles. The van der Waals surface area contributed by atoms with Crippen LogP contribution in [0.4, 0.5) is 0 Å². The van der Waals surface area contributed by atoms with Crippen LogP contribution in [-0.4, -0.2) is 23.5 Å². The molecule has 0 unspecified atom stereocenters. The van der Waals surface area contributed by atoms with Gasteiger partial charge in [-0.3, -0.25) is 4.79 Å². The van der Waals surface area contributed by atoms with Crippen molar-refractivity contribution in [2.75, 3.05) is 6.54 Å². The topological polar surface area (TPSA) is 66.4 Å². The summed E-state index contributed by atoms with van der Waals surface area (Å²) >= 11 is 0. The number of aryl methyl sites for hydroxylation is 1. The molecule has 4 heteroatoms. The van der Waals surface area contributed by atoms with Crippen molar-refractivity contribution in [3.05, 3.63) is 47.0 Å². The number of carboxylic acid groups (broad SMARTS) is 1. The van der Waals surface area contributed by atoms with E-state index in [4.69, 9.17) is 5.11 Å². The maximum absolute atomic E-state index is 11.8. The molecule has 0 atom stereocenters. The highest BCUT2D eigenvalue weighted by atomic mass is 16.4. The van der Waals surface area contributed by atoms with Crippen molar-refractivity contribution in [1.82, 2.24) is 5.32 Å². The van der Waals surface area contributed by atoms with Crippen molar-refractivity contribution in [3.8, 4) is 0 Å². The third-order valence-corrected chi connectivity index (χ3v) is 3.99. The Labute approximate surface area is 131 Å². The van der Waals surface area contributed by atoms with E-state index in [2.05, 4.69) is 11.4 Å². The zero-order valence-electron chi connectivity index (χ0n) is 12.8. The Kier molecular flexibility index (Phi) is 6.19. The second-order valence-corrected chi connectivity index (χ2v) is 5.71. The maximum Gasteiger partial charge on any atom is 0.335 e. The number of allylic oxidation sites excluding steroid dienone is 1. The van der Waals surface area contributed by atoms with Gasteiger partial charge < -0.3 is 10.4 Å². The number of benzene rings is 1. The molecule has 1 aliphatic rings. The maximum atomic E-state index is 11.8. The minimum atomic E-state index is -0.929. The number of carbonyl (C=O) groups is 2. The molecular formula is C18H23NO3. The molecule has 0 fully saturated rings. The van der Waals surface area contributed by atoms with E-state index in [1.165, 1.54) is 31.3 Å². The average Bonchev–Trinajstić information content (AvgIpc) is 2.54. The monoisotopic (exact) mass is 301 g/mol. The van der Waals surface area contributed by atoms with Gasteiger partial charge in [0.15, 0.2) is 0 Å². The van der Waals surface area contributed by atoms with Gasteiger partial charge in [0.05, 0.1) is 5.56 Å². The van der Waals surface area contributed by atoms with Crippen LogP contribution >= 0.6 is 0 Å². The van der Waals surface area contributed by atoms with Gasteiger partial charge in [-0.05, 0) is 56.2 Å². The van der Waals surface area contributed by atoms with E-state index in [1.54, 1.807) is 24.3 Å². The fourth-order valence-corrected chi connectivity index (χ4v) is 2.65. The number of nitrogens with one attached hydrogen (secondary N) is 1. The van der Waals surface area contributed by atoms with Crippen molar-refractivity contribution in [1.29, 1.82) is 0 Å². The van der Waals surface area contributed by atoms with Gasteiger partial charge in [0, 0.05) is 13.0 Å². The summed E-state index contributed by atoms with van der Waals surface area (Å²) in [4.78, 5) is 22.6. The third-order valence-electron chi connectivity index (χ3n) is 3.99. The van der Waals surface area contributed by atoms with Gasteiger partial charge in [-0.15, -0.1) is 0 Å². The number of carbonyl (C=O) groups excluding carboxylic acids is 1. The minimum Gasteiger partial charge on any atom is -0.478 e. The van der Waals surface area contributed by atoms with E-state index in [9.17, 15) is 9.59 Å². The molecule has 1 amide bonds. The zero-order chi connectivity index (χ0) is 15.8. The van der Waals surface area contributed by atoms with Gasteiger partial charge in [0.25, 0.3) is 0 Å². The fourth-order valence-electron chi connectivity index (χ4n) is 2.65. The summed E-state index contributed by atoms with van der Waals surface area (Å²) in [6.07, 6.45) is 9.24. The predicted molar refractivity (Wildman–Crippen MR) is 85.9 cm³/mol. The van der Waals surface area contributed by atoms with Crippen LogP contribution in [0, 0.1) is 0 Å². The van der Waals surface area contributed by atoms with E-state index in [-0.39, 0.29) is 11.5 Å². The van der Waals surface area contributed by atoms with Gasteiger partial charge in [0.2, 0.25) is 5.91 Å². The number of carboxylic acids is 1. The van der Waals surface area contributed by atoms with Gasteiger partial charge in [0.1, 0.15) is 0 Å². The third kappa shape index (κ3) is 5.35. The summed E-state index contributed by atoms with van der Waals surface area (Å²) in [7, 11) is 0. The highest BCUT2D eigenvalue weighted by Crippen LogP contribution is 2.19. The van der Waals surface area contributed by atoms with E-state index in [1.807, 2.05) is 0 Å². The Balaban J connectivity index is 1.66. The van der Waals surface area contributed by atoms with Crippen LogP contribution in [-0.2, 0) is 11.2 Å². The van der Waals surface area contributed by atoms with Crippen molar-refractivity contribution in [3.63, 3.8) is 0 Å². The van der Waals surface area contributed by atoms with Gasteiger partial charge in [-0.2, -0.15) is 0 Å². The van der Waals surface area contributed by atoms with E-state index in [0.29, 0.717) is 19.4 Å². The lowest BCUT2D eigenvalue weighted by molar-refractivity contribution is -0.121. The van der Waals surface area contributed by atoms with E-state index in [0.717, 1.165) is 12.0 Å². The first kappa shape index (κ1) is 16.3. The summed E-state index contributed by atoms with van der Waals surface area (Å²) in [5.74, 6) is -0.875. The lowest BCUT2D eigenvalue weighted by Gasteiger charge is -2.13. The van der Waals surface area contributed by atoms with Crippen LogP contribution in [0.25, 0.3) is 0 Å². The molecule has 0 bridgehead atoms. The Morgan fingerprint density at radius 2 is 1.86 bits per heavy atom. The second kappa shape index (κ2) is 8.37. The van der Waals surface area contributed by atoms with Gasteiger partial charge in [-0.25, -0.2) is 4.79 Å². The molecule has 0 aromatic heterocycles. The molecule has 22 heavy (non-hydrogen) atoms. The largest absolute Gasteiger partial charge is 0.478 e. The Morgan fingerprint density at radius 1 is 1.09 bits per heavy atom. The standard InChI is InChI=1S/C18H23NO3/c20-17(19-13-12-14-4-2-1-3-5-14)11-8-15-6-9-16(10-7-15)18(21)22/h4,6-7,9-10H,1-3,5,8,11-13H2,(H,19,20)(H,21,22). The highest BCUT2D eigenvalue weighted by molar-refractivity contribution is 5.87. The Hall–Kier alpha value is -2.10. The molecule has 118 valence electrons. The molecule has 0 spiro atoms. The first-order valence-corrected chi connectivity index (χ1v) is 7.92. The summed E-state index contributed by atoms with van der Waals surface area (Å²) in [5.41, 5.74) is 2.72. The zero-order valence-corrected chi connectivity index (χ0v) is 12.8. The second-order valence-electron chi connectivity index (χ2n) is 5.71. The van der Waals surface area contributed by atoms with Crippen molar-refractivity contribution in [2.24, 2.45) is 0 Å². The number of hydrogen-bond acceptors (Lipinski definition) is 2. The molecule has 2 N–H and O–H groups in total. The van der Waals surface area contributed by atoms with Crippen molar-refractivity contribution < 1.29 is 14.7 Å². The quantitative estimate of drug-likeness (QED) is 0.759. The molecular weight excluding hydrogens is 278 g/mol. The van der Waals surface area contributed by atoms with Crippen LogP contribution in [0.5, 0.6) is 0 Å². The van der Waals surface area contributed by atoms with Crippen molar-refractivity contribution >= 4 is 11.9 Å². The van der Waals surface area contributed by atoms with Crippen LogP contribution in [0.15, 0.2) is 35.9 Å². The first-order valence-electron chi connectivity index (χ1n) is 7.92. The van der Waals surface area contributed by atoms with Crippen molar-refractivity contribution in [2.45, 2.75) is 44.9 Å². The molecule has 4 nitrogen and oxygen atoms in total.